The van der Waals surface area contributed by atoms with Crippen LogP contribution in [0.4, 0.5) is 13.2 Å². The van der Waals surface area contributed by atoms with Gasteiger partial charge in [-0.05, 0) is 31.3 Å². The number of rotatable bonds is 2. The number of carboxylic acid groups (broad SMARTS) is 1. The number of ether oxygens (including phenoxy) is 1. The second kappa shape index (κ2) is 6.80. The number of hydrogen-bond acceptors (Lipinski definition) is 3. The number of piperidine rings is 1. The van der Waals surface area contributed by atoms with Crippen molar-refractivity contribution in [1.29, 1.82) is 0 Å². The van der Waals surface area contributed by atoms with Crippen molar-refractivity contribution in [3.8, 4) is 0 Å². The largest absolute Gasteiger partial charge is 0.490 e. The number of methoxy groups -OCH3 is 1. The summed E-state index contributed by atoms with van der Waals surface area (Å²) >= 11 is 0. The van der Waals surface area contributed by atoms with Crippen LogP contribution in [0.1, 0.15) is 19.8 Å². The third-order valence-corrected chi connectivity index (χ3v) is 2.55. The van der Waals surface area contributed by atoms with Crippen molar-refractivity contribution in [2.45, 2.75) is 25.9 Å². The van der Waals surface area contributed by atoms with Crippen molar-refractivity contribution in [2.24, 2.45) is 5.41 Å². The van der Waals surface area contributed by atoms with E-state index in [0.29, 0.717) is 5.41 Å². The maximum Gasteiger partial charge on any atom is 0.490 e. The highest BCUT2D eigenvalue weighted by Crippen LogP contribution is 2.27. The van der Waals surface area contributed by atoms with E-state index in [2.05, 4.69) is 12.2 Å². The maximum atomic E-state index is 10.6. The van der Waals surface area contributed by atoms with Crippen LogP contribution in [0.15, 0.2) is 0 Å². The number of halogens is 3. The van der Waals surface area contributed by atoms with Gasteiger partial charge in [0.25, 0.3) is 0 Å². The molecule has 1 aliphatic heterocycles. The van der Waals surface area contributed by atoms with Gasteiger partial charge in [0.1, 0.15) is 0 Å². The lowest BCUT2D eigenvalue weighted by Crippen LogP contribution is -2.37. The average Bonchev–Trinajstić information content (AvgIpc) is 2.18. The van der Waals surface area contributed by atoms with Gasteiger partial charge in [-0.25, -0.2) is 4.79 Å². The highest BCUT2D eigenvalue weighted by atomic mass is 19.4. The molecular weight excluding hydrogens is 239 g/mol. The first-order valence-corrected chi connectivity index (χ1v) is 5.21. The third kappa shape index (κ3) is 7.17. The maximum absolute atomic E-state index is 10.6. The summed E-state index contributed by atoms with van der Waals surface area (Å²) in [6, 6.07) is 0. The predicted molar refractivity (Wildman–Crippen MR) is 55.8 cm³/mol. The average molecular weight is 257 g/mol. The number of alkyl halides is 3. The molecule has 0 aromatic heterocycles. The van der Waals surface area contributed by atoms with Gasteiger partial charge in [-0.15, -0.1) is 0 Å². The van der Waals surface area contributed by atoms with E-state index < -0.39 is 12.1 Å². The molecule has 0 aromatic rings. The van der Waals surface area contributed by atoms with Gasteiger partial charge in [-0.3, -0.25) is 0 Å². The van der Waals surface area contributed by atoms with E-state index in [0.717, 1.165) is 19.7 Å². The van der Waals surface area contributed by atoms with Crippen LogP contribution in [-0.4, -0.2) is 44.1 Å². The monoisotopic (exact) mass is 257 g/mol. The molecule has 0 saturated carbocycles. The van der Waals surface area contributed by atoms with E-state index in [-0.39, 0.29) is 0 Å². The van der Waals surface area contributed by atoms with Crippen LogP contribution in [0.2, 0.25) is 0 Å². The Balaban J connectivity index is 0.000000325. The molecule has 0 atom stereocenters. The van der Waals surface area contributed by atoms with Crippen molar-refractivity contribution >= 4 is 5.97 Å². The Morgan fingerprint density at radius 2 is 1.82 bits per heavy atom. The number of carboxylic acids is 1. The number of nitrogens with one attached hydrogen (secondary N) is 1. The van der Waals surface area contributed by atoms with Gasteiger partial charge in [0.15, 0.2) is 0 Å². The summed E-state index contributed by atoms with van der Waals surface area (Å²) in [6.45, 7) is 5.52. The highest BCUT2D eigenvalue weighted by Gasteiger charge is 2.38. The zero-order valence-corrected chi connectivity index (χ0v) is 9.93. The van der Waals surface area contributed by atoms with E-state index in [1.54, 1.807) is 7.11 Å². The number of carbonyl (C=O) groups is 1. The van der Waals surface area contributed by atoms with Crippen LogP contribution in [-0.2, 0) is 9.53 Å². The molecule has 1 heterocycles. The molecular formula is C10H18F3NO3. The van der Waals surface area contributed by atoms with Crippen LogP contribution in [0.3, 0.4) is 0 Å². The van der Waals surface area contributed by atoms with Crippen molar-refractivity contribution in [2.75, 3.05) is 26.8 Å². The van der Waals surface area contributed by atoms with Crippen LogP contribution >= 0.6 is 0 Å². The van der Waals surface area contributed by atoms with E-state index in [9.17, 15) is 13.2 Å². The van der Waals surface area contributed by atoms with Gasteiger partial charge in [0.05, 0.1) is 6.61 Å². The quantitative estimate of drug-likeness (QED) is 0.789. The minimum Gasteiger partial charge on any atom is -0.475 e. The Kier molecular flexibility index (Phi) is 6.48. The third-order valence-electron chi connectivity index (χ3n) is 2.55. The minimum atomic E-state index is -5.08. The Labute approximate surface area is 98.1 Å². The van der Waals surface area contributed by atoms with Gasteiger partial charge in [0.2, 0.25) is 0 Å². The van der Waals surface area contributed by atoms with Crippen LogP contribution < -0.4 is 5.32 Å². The normalized spacial score (nSPS) is 19.1. The summed E-state index contributed by atoms with van der Waals surface area (Å²) in [5.74, 6) is -2.76. The second-order valence-corrected chi connectivity index (χ2v) is 4.30. The first-order valence-electron chi connectivity index (χ1n) is 5.21. The lowest BCUT2D eigenvalue weighted by Gasteiger charge is -2.33. The molecule has 1 saturated heterocycles. The highest BCUT2D eigenvalue weighted by molar-refractivity contribution is 5.73. The molecule has 0 amide bonds. The molecule has 0 bridgehead atoms. The molecule has 0 aliphatic carbocycles. The lowest BCUT2D eigenvalue weighted by molar-refractivity contribution is -0.192. The second-order valence-electron chi connectivity index (χ2n) is 4.30. The fourth-order valence-corrected chi connectivity index (χ4v) is 1.52. The van der Waals surface area contributed by atoms with E-state index in [4.69, 9.17) is 14.6 Å². The van der Waals surface area contributed by atoms with Gasteiger partial charge < -0.3 is 15.2 Å². The Hall–Kier alpha value is -0.820. The van der Waals surface area contributed by atoms with Gasteiger partial charge >= 0.3 is 12.1 Å². The van der Waals surface area contributed by atoms with Crippen LogP contribution in [0.5, 0.6) is 0 Å². The summed E-state index contributed by atoms with van der Waals surface area (Å²) in [5, 5.41) is 10.5. The minimum absolute atomic E-state index is 0.444. The molecule has 0 aromatic carbocycles. The zero-order valence-electron chi connectivity index (χ0n) is 9.93. The first-order chi connectivity index (χ1) is 7.71. The lowest BCUT2D eigenvalue weighted by atomic mass is 9.82. The van der Waals surface area contributed by atoms with Gasteiger partial charge in [-0.1, -0.05) is 6.92 Å². The molecule has 17 heavy (non-hydrogen) atoms. The smallest absolute Gasteiger partial charge is 0.475 e. The topological polar surface area (TPSA) is 58.6 Å². The molecule has 7 heteroatoms. The molecule has 0 spiro atoms. The Bertz CT molecular complexity index is 232. The standard InChI is InChI=1S/C8H17NO.C2HF3O2/c1-8(7-10-2)3-5-9-6-4-8;3-2(4,5)1(6)7/h9H,3-7H2,1-2H3;(H,6,7). The van der Waals surface area contributed by atoms with Crippen LogP contribution in [0.25, 0.3) is 0 Å². The number of hydrogen-bond donors (Lipinski definition) is 2. The van der Waals surface area contributed by atoms with Crippen LogP contribution in [0, 0.1) is 5.41 Å². The molecule has 1 fully saturated rings. The summed E-state index contributed by atoms with van der Waals surface area (Å²) in [7, 11) is 1.79. The van der Waals surface area contributed by atoms with E-state index in [1.165, 1.54) is 12.8 Å². The van der Waals surface area contributed by atoms with E-state index >= 15 is 0 Å². The van der Waals surface area contributed by atoms with Gasteiger partial charge in [-0.2, -0.15) is 13.2 Å². The van der Waals surface area contributed by atoms with Crippen molar-refractivity contribution in [1.82, 2.24) is 5.32 Å². The number of aliphatic carboxylic acids is 1. The molecule has 0 unspecified atom stereocenters. The molecule has 0 radical (unpaired) electrons. The SMILES string of the molecule is COCC1(C)CCNCC1.O=C(O)C(F)(F)F. The van der Waals surface area contributed by atoms with Crippen molar-refractivity contribution < 1.29 is 27.8 Å². The summed E-state index contributed by atoms with van der Waals surface area (Å²) in [4.78, 5) is 8.90. The molecule has 1 aliphatic rings. The Morgan fingerprint density at radius 3 is 2.12 bits per heavy atom. The van der Waals surface area contributed by atoms with E-state index in [1.807, 2.05) is 0 Å². The molecule has 4 nitrogen and oxygen atoms in total. The summed E-state index contributed by atoms with van der Waals surface area (Å²) in [5.41, 5.74) is 0.444. The summed E-state index contributed by atoms with van der Waals surface area (Å²) < 4.78 is 36.9. The first kappa shape index (κ1) is 16.2. The fraction of sp³-hybridized carbons (Fsp3) is 0.900. The van der Waals surface area contributed by atoms with Crippen molar-refractivity contribution in [3.05, 3.63) is 0 Å². The Morgan fingerprint density at radius 1 is 1.41 bits per heavy atom. The molecule has 2 N–H and O–H groups in total. The molecule has 102 valence electrons. The predicted octanol–water partition coefficient (Wildman–Crippen LogP) is 1.66. The fourth-order valence-electron chi connectivity index (χ4n) is 1.52. The zero-order chi connectivity index (χ0) is 13.5. The summed E-state index contributed by atoms with van der Waals surface area (Å²) in [6.07, 6.45) is -2.58. The van der Waals surface area contributed by atoms with Crippen molar-refractivity contribution in [3.63, 3.8) is 0 Å². The molecule has 1 rings (SSSR count). The van der Waals surface area contributed by atoms with Gasteiger partial charge in [0, 0.05) is 7.11 Å².